The first-order valence-electron chi connectivity index (χ1n) is 8.09. The number of piperazine rings is 1. The Balaban J connectivity index is 1.55. The van der Waals surface area contributed by atoms with E-state index >= 15 is 0 Å². The van der Waals surface area contributed by atoms with Gasteiger partial charge in [0.05, 0.1) is 6.61 Å². The van der Waals surface area contributed by atoms with Crippen LogP contribution in [0.15, 0.2) is 24.4 Å². The molecule has 3 rings (SSSR count). The van der Waals surface area contributed by atoms with Crippen LogP contribution in [0.2, 0.25) is 0 Å². The third-order valence-electron chi connectivity index (χ3n) is 3.94. The zero-order valence-electron chi connectivity index (χ0n) is 13.9. The molecule has 2 aromatic rings. The predicted octanol–water partition coefficient (Wildman–Crippen LogP) is 0.757. The van der Waals surface area contributed by atoms with E-state index in [2.05, 4.69) is 30.8 Å². The highest BCUT2D eigenvalue weighted by Gasteiger charge is 2.19. The van der Waals surface area contributed by atoms with Crippen molar-refractivity contribution >= 4 is 17.6 Å². The van der Waals surface area contributed by atoms with Gasteiger partial charge < -0.3 is 21.1 Å². The molecule has 1 aliphatic rings. The summed E-state index contributed by atoms with van der Waals surface area (Å²) in [5.74, 6) is 2.08. The molecule has 0 radical (unpaired) electrons. The molecule has 0 bridgehead atoms. The van der Waals surface area contributed by atoms with Crippen LogP contribution < -0.4 is 21.1 Å². The SMILES string of the molecule is CCOc1ccc(CN2CCN(c3cc(N)nc(N)n3)CC2)cn1. The van der Waals surface area contributed by atoms with E-state index in [9.17, 15) is 0 Å². The van der Waals surface area contributed by atoms with E-state index in [0.717, 1.165) is 38.5 Å². The van der Waals surface area contributed by atoms with Crippen LogP contribution >= 0.6 is 0 Å². The molecule has 3 heterocycles. The second kappa shape index (κ2) is 7.31. The van der Waals surface area contributed by atoms with E-state index in [1.807, 2.05) is 19.2 Å². The highest BCUT2D eigenvalue weighted by atomic mass is 16.5. The second-order valence-corrected chi connectivity index (χ2v) is 5.71. The monoisotopic (exact) mass is 329 g/mol. The number of hydrogen-bond acceptors (Lipinski definition) is 8. The summed E-state index contributed by atoms with van der Waals surface area (Å²) in [6.07, 6.45) is 1.88. The average Bonchev–Trinajstić information content (AvgIpc) is 2.57. The van der Waals surface area contributed by atoms with Crippen LogP contribution in [0.3, 0.4) is 0 Å². The van der Waals surface area contributed by atoms with Crippen molar-refractivity contribution < 1.29 is 4.74 Å². The van der Waals surface area contributed by atoms with Crippen molar-refractivity contribution in [1.29, 1.82) is 0 Å². The first-order chi connectivity index (χ1) is 11.6. The second-order valence-electron chi connectivity index (χ2n) is 5.71. The lowest BCUT2D eigenvalue weighted by molar-refractivity contribution is 0.248. The lowest BCUT2D eigenvalue weighted by atomic mass is 10.2. The smallest absolute Gasteiger partial charge is 0.223 e. The van der Waals surface area contributed by atoms with Gasteiger partial charge in [-0.2, -0.15) is 9.97 Å². The van der Waals surface area contributed by atoms with Crippen molar-refractivity contribution in [2.75, 3.05) is 49.2 Å². The van der Waals surface area contributed by atoms with E-state index in [1.54, 1.807) is 6.07 Å². The molecule has 8 nitrogen and oxygen atoms in total. The van der Waals surface area contributed by atoms with Gasteiger partial charge in [-0.1, -0.05) is 6.07 Å². The number of aromatic nitrogens is 3. The summed E-state index contributed by atoms with van der Waals surface area (Å²) in [5, 5.41) is 0. The summed E-state index contributed by atoms with van der Waals surface area (Å²) >= 11 is 0. The number of nitrogen functional groups attached to an aromatic ring is 2. The Morgan fingerprint density at radius 3 is 2.54 bits per heavy atom. The molecule has 1 aliphatic heterocycles. The third kappa shape index (κ3) is 4.02. The van der Waals surface area contributed by atoms with Crippen LogP contribution in [0.4, 0.5) is 17.6 Å². The first-order valence-corrected chi connectivity index (χ1v) is 8.09. The summed E-state index contributed by atoms with van der Waals surface area (Å²) in [4.78, 5) is 17.1. The van der Waals surface area contributed by atoms with E-state index in [0.29, 0.717) is 18.3 Å². The normalized spacial score (nSPS) is 15.5. The summed E-state index contributed by atoms with van der Waals surface area (Å²) in [7, 11) is 0. The zero-order chi connectivity index (χ0) is 16.9. The summed E-state index contributed by atoms with van der Waals surface area (Å²) in [6.45, 7) is 7.09. The molecule has 0 aliphatic carbocycles. The van der Waals surface area contributed by atoms with Crippen LogP contribution in [0.25, 0.3) is 0 Å². The molecule has 0 spiro atoms. The summed E-state index contributed by atoms with van der Waals surface area (Å²) < 4.78 is 5.37. The Kier molecular flexibility index (Phi) is 4.95. The van der Waals surface area contributed by atoms with Gasteiger partial charge in [-0.3, -0.25) is 4.90 Å². The molecule has 0 saturated carbocycles. The number of pyridine rings is 1. The Bertz CT molecular complexity index is 648. The van der Waals surface area contributed by atoms with Crippen LogP contribution in [0.5, 0.6) is 5.88 Å². The number of rotatable bonds is 5. The minimum Gasteiger partial charge on any atom is -0.478 e. The van der Waals surface area contributed by atoms with Gasteiger partial charge in [0, 0.05) is 51.1 Å². The quantitative estimate of drug-likeness (QED) is 0.828. The lowest BCUT2D eigenvalue weighted by Crippen LogP contribution is -2.46. The summed E-state index contributed by atoms with van der Waals surface area (Å²) in [6, 6.07) is 5.75. The maximum atomic E-state index is 5.74. The molecule has 24 heavy (non-hydrogen) atoms. The van der Waals surface area contributed by atoms with Gasteiger partial charge in [0.15, 0.2) is 0 Å². The van der Waals surface area contributed by atoms with Gasteiger partial charge in [0.2, 0.25) is 11.8 Å². The molecule has 8 heteroatoms. The van der Waals surface area contributed by atoms with E-state index in [4.69, 9.17) is 16.2 Å². The Morgan fingerprint density at radius 1 is 1.12 bits per heavy atom. The molecule has 1 fully saturated rings. The van der Waals surface area contributed by atoms with Crippen molar-refractivity contribution in [3.05, 3.63) is 30.0 Å². The van der Waals surface area contributed by atoms with Crippen molar-refractivity contribution in [1.82, 2.24) is 19.9 Å². The number of nitrogens with zero attached hydrogens (tertiary/aromatic N) is 5. The molecule has 0 unspecified atom stereocenters. The number of anilines is 3. The van der Waals surface area contributed by atoms with E-state index in [-0.39, 0.29) is 5.95 Å². The summed E-state index contributed by atoms with van der Waals surface area (Å²) in [5.41, 5.74) is 12.6. The average molecular weight is 329 g/mol. The van der Waals surface area contributed by atoms with Crippen LogP contribution in [0.1, 0.15) is 12.5 Å². The van der Waals surface area contributed by atoms with E-state index < -0.39 is 0 Å². The van der Waals surface area contributed by atoms with Gasteiger partial charge >= 0.3 is 0 Å². The minimum atomic E-state index is 0.216. The number of hydrogen-bond donors (Lipinski definition) is 2. The fourth-order valence-electron chi connectivity index (χ4n) is 2.76. The fourth-order valence-corrected chi connectivity index (χ4v) is 2.76. The highest BCUT2D eigenvalue weighted by Crippen LogP contribution is 2.18. The van der Waals surface area contributed by atoms with Crippen molar-refractivity contribution in [3.8, 4) is 5.88 Å². The fraction of sp³-hybridized carbons (Fsp3) is 0.438. The molecule has 128 valence electrons. The largest absolute Gasteiger partial charge is 0.478 e. The van der Waals surface area contributed by atoms with Gasteiger partial charge in [0.25, 0.3) is 0 Å². The maximum absolute atomic E-state index is 5.74. The molecule has 4 N–H and O–H groups in total. The van der Waals surface area contributed by atoms with Crippen LogP contribution in [0, 0.1) is 0 Å². The molecule has 0 atom stereocenters. The molecule has 2 aromatic heterocycles. The van der Waals surface area contributed by atoms with E-state index in [1.165, 1.54) is 5.56 Å². The Labute approximate surface area is 141 Å². The van der Waals surface area contributed by atoms with Gasteiger partial charge in [-0.25, -0.2) is 4.98 Å². The van der Waals surface area contributed by atoms with Crippen LogP contribution in [-0.4, -0.2) is 52.6 Å². The third-order valence-corrected chi connectivity index (χ3v) is 3.94. The molecular formula is C16H23N7O. The van der Waals surface area contributed by atoms with Crippen LogP contribution in [-0.2, 0) is 6.54 Å². The van der Waals surface area contributed by atoms with Crippen molar-refractivity contribution in [3.63, 3.8) is 0 Å². The van der Waals surface area contributed by atoms with Crippen molar-refractivity contribution in [2.24, 2.45) is 0 Å². The standard InChI is InChI=1S/C16H23N7O/c1-2-24-15-4-3-12(10-19-15)11-22-5-7-23(8-6-22)14-9-13(17)20-16(18)21-14/h3-4,9-10H,2,5-8,11H2,1H3,(H4,17,18,20,21). The first kappa shape index (κ1) is 16.3. The Morgan fingerprint density at radius 2 is 1.92 bits per heavy atom. The van der Waals surface area contributed by atoms with Gasteiger partial charge in [-0.05, 0) is 12.5 Å². The maximum Gasteiger partial charge on any atom is 0.223 e. The Hall–Kier alpha value is -2.61. The number of ether oxygens (including phenoxy) is 1. The lowest BCUT2D eigenvalue weighted by Gasteiger charge is -2.35. The molecule has 0 amide bonds. The predicted molar refractivity (Wildman–Crippen MR) is 93.8 cm³/mol. The molecular weight excluding hydrogens is 306 g/mol. The van der Waals surface area contributed by atoms with Gasteiger partial charge in [-0.15, -0.1) is 0 Å². The topological polar surface area (TPSA) is 106 Å². The highest BCUT2D eigenvalue weighted by molar-refractivity contribution is 5.50. The molecule has 1 saturated heterocycles. The zero-order valence-corrected chi connectivity index (χ0v) is 13.9. The molecule has 0 aromatic carbocycles. The van der Waals surface area contributed by atoms with Crippen molar-refractivity contribution in [2.45, 2.75) is 13.5 Å². The van der Waals surface area contributed by atoms with Gasteiger partial charge in [0.1, 0.15) is 11.6 Å². The minimum absolute atomic E-state index is 0.216. The number of nitrogens with two attached hydrogens (primary N) is 2.